The number of hydrogen-bond acceptors (Lipinski definition) is 0. The maximum absolute atomic E-state index is 2.34. The van der Waals surface area contributed by atoms with Crippen molar-refractivity contribution in [2.24, 2.45) is 11.8 Å². The minimum Gasteiger partial charge on any atom is -0.0683 e. The predicted octanol–water partition coefficient (Wildman–Crippen LogP) is 4.89. The van der Waals surface area contributed by atoms with Crippen LogP contribution in [0.15, 0.2) is 0 Å². The molecule has 0 amide bonds. The van der Waals surface area contributed by atoms with Crippen molar-refractivity contribution in [1.82, 2.24) is 0 Å². The van der Waals surface area contributed by atoms with Gasteiger partial charge in [-0.05, 0) is 11.8 Å². The Balaban J connectivity index is 0. The molecule has 12 heavy (non-hydrogen) atoms. The summed E-state index contributed by atoms with van der Waals surface area (Å²) < 4.78 is 0. The molecule has 0 N–H and O–H groups in total. The highest BCUT2D eigenvalue weighted by Gasteiger charge is 2.17. The molecule has 0 heterocycles. The summed E-state index contributed by atoms with van der Waals surface area (Å²) in [6.07, 6.45) is 5.97. The van der Waals surface area contributed by atoms with Crippen LogP contribution in [0.1, 0.15) is 67.2 Å². The van der Waals surface area contributed by atoms with E-state index in [1.54, 1.807) is 0 Å². The van der Waals surface area contributed by atoms with Crippen LogP contribution < -0.4 is 0 Å². The molecule has 0 bridgehead atoms. The molecule has 0 atom stereocenters. The first-order valence-corrected chi connectivity index (χ1v) is 5.80. The minimum atomic E-state index is 0.942. The third kappa shape index (κ3) is 6.69. The smallest absolute Gasteiger partial charge is 0.0391 e. The van der Waals surface area contributed by atoms with Crippen LogP contribution in [0.2, 0.25) is 0 Å². The molecule has 0 aromatic heterocycles. The van der Waals surface area contributed by atoms with Gasteiger partial charge in [-0.25, -0.2) is 0 Å². The minimum absolute atomic E-state index is 0.942. The molecule has 0 aliphatic heterocycles. The lowest BCUT2D eigenvalue weighted by Gasteiger charge is -2.11. The predicted molar refractivity (Wildman–Crippen MR) is 59.5 cm³/mol. The molecule has 1 aliphatic carbocycles. The second-order valence-electron chi connectivity index (χ2n) is 3.29. The van der Waals surface area contributed by atoms with Crippen LogP contribution in [-0.2, 0) is 0 Å². The second kappa shape index (κ2) is 11.0. The Bertz CT molecular complexity index is 58.4. The third-order valence-electron chi connectivity index (χ3n) is 2.34. The molecule has 0 unspecified atom stereocenters. The lowest BCUT2D eigenvalue weighted by molar-refractivity contribution is 0.396. The molecule has 1 rings (SSSR count). The van der Waals surface area contributed by atoms with Gasteiger partial charge in [-0.2, -0.15) is 0 Å². The fourth-order valence-electron chi connectivity index (χ4n) is 1.62. The van der Waals surface area contributed by atoms with Crippen LogP contribution in [0.4, 0.5) is 0 Å². The van der Waals surface area contributed by atoms with Gasteiger partial charge in [0, 0.05) is 0 Å². The van der Waals surface area contributed by atoms with Gasteiger partial charge in [-0.15, -0.1) is 0 Å². The van der Waals surface area contributed by atoms with Gasteiger partial charge in [0.1, 0.15) is 0 Å². The molecule has 0 spiro atoms. The van der Waals surface area contributed by atoms with Crippen molar-refractivity contribution in [3.05, 3.63) is 0 Å². The van der Waals surface area contributed by atoms with E-state index in [-0.39, 0.29) is 0 Å². The Morgan fingerprint density at radius 3 is 1.33 bits per heavy atom. The van der Waals surface area contributed by atoms with Gasteiger partial charge in [0.2, 0.25) is 0 Å². The van der Waals surface area contributed by atoms with Crippen molar-refractivity contribution in [3.63, 3.8) is 0 Å². The summed E-state index contributed by atoms with van der Waals surface area (Å²) in [6, 6.07) is 0. The van der Waals surface area contributed by atoms with Gasteiger partial charge in [0.25, 0.3) is 0 Å². The Kier molecular flexibility index (Phi) is 13.3. The molecule has 1 aliphatic rings. The summed E-state index contributed by atoms with van der Waals surface area (Å²) in [5.41, 5.74) is 0. The van der Waals surface area contributed by atoms with Gasteiger partial charge in [-0.3, -0.25) is 0 Å². The quantitative estimate of drug-likeness (QED) is 0.528. The Hall–Kier alpha value is 0. The normalized spacial score (nSPS) is 16.2. The zero-order chi connectivity index (χ0) is 9.98. The Morgan fingerprint density at radius 2 is 1.17 bits per heavy atom. The monoisotopic (exact) mass is 172 g/mol. The van der Waals surface area contributed by atoms with E-state index in [2.05, 4.69) is 13.8 Å². The second-order valence-corrected chi connectivity index (χ2v) is 3.29. The van der Waals surface area contributed by atoms with Crippen molar-refractivity contribution in [2.45, 2.75) is 67.2 Å². The zero-order valence-electron chi connectivity index (χ0n) is 9.98. The first kappa shape index (κ1) is 14.5. The van der Waals surface area contributed by atoms with Crippen LogP contribution in [0.3, 0.4) is 0 Å². The average Bonchev–Trinajstić information content (AvgIpc) is 2.64. The van der Waals surface area contributed by atoms with Gasteiger partial charge in [0.05, 0.1) is 0 Å². The fourth-order valence-corrected chi connectivity index (χ4v) is 1.62. The van der Waals surface area contributed by atoms with Gasteiger partial charge < -0.3 is 0 Å². The molecule has 1 fully saturated rings. The summed E-state index contributed by atoms with van der Waals surface area (Å²) in [6.45, 7) is 12.7. The van der Waals surface area contributed by atoms with Crippen LogP contribution >= 0.6 is 0 Å². The standard InChI is InChI=1S/C8H16.2C2H6/c1-7(2)8-5-3-4-6-8;2*1-2/h7-8H,3-6H2,1-2H3;2*1-2H3. The van der Waals surface area contributed by atoms with Crippen molar-refractivity contribution in [3.8, 4) is 0 Å². The molecule has 0 heteroatoms. The van der Waals surface area contributed by atoms with Gasteiger partial charge >= 0.3 is 0 Å². The topological polar surface area (TPSA) is 0 Å². The summed E-state index contributed by atoms with van der Waals surface area (Å²) in [5.74, 6) is 2.01. The Morgan fingerprint density at radius 1 is 0.833 bits per heavy atom. The molecule has 0 aromatic carbocycles. The summed E-state index contributed by atoms with van der Waals surface area (Å²) in [5, 5.41) is 0. The van der Waals surface area contributed by atoms with E-state index in [1.165, 1.54) is 25.7 Å². The van der Waals surface area contributed by atoms with Crippen LogP contribution in [0.25, 0.3) is 0 Å². The zero-order valence-corrected chi connectivity index (χ0v) is 9.98. The molecule has 0 nitrogen and oxygen atoms in total. The molecular formula is C12H28. The highest BCUT2D eigenvalue weighted by molar-refractivity contribution is 4.69. The van der Waals surface area contributed by atoms with Gasteiger partial charge in [0.15, 0.2) is 0 Å². The van der Waals surface area contributed by atoms with E-state index in [4.69, 9.17) is 0 Å². The van der Waals surface area contributed by atoms with E-state index in [1.807, 2.05) is 27.7 Å². The first-order valence-electron chi connectivity index (χ1n) is 5.80. The van der Waals surface area contributed by atoms with Crippen LogP contribution in [-0.4, -0.2) is 0 Å². The largest absolute Gasteiger partial charge is 0.0683 e. The van der Waals surface area contributed by atoms with E-state index >= 15 is 0 Å². The fraction of sp³-hybridized carbons (Fsp3) is 1.00. The molecule has 1 saturated carbocycles. The third-order valence-corrected chi connectivity index (χ3v) is 2.34. The Labute approximate surface area is 79.8 Å². The molecule has 0 radical (unpaired) electrons. The van der Waals surface area contributed by atoms with E-state index in [0.717, 1.165) is 11.8 Å². The maximum atomic E-state index is 2.34. The highest BCUT2D eigenvalue weighted by atomic mass is 14.2. The lowest BCUT2D eigenvalue weighted by atomic mass is 9.95. The lowest BCUT2D eigenvalue weighted by Crippen LogP contribution is -2.01. The van der Waals surface area contributed by atoms with Crippen molar-refractivity contribution in [1.29, 1.82) is 0 Å². The number of hydrogen-bond donors (Lipinski definition) is 0. The molecule has 0 saturated heterocycles. The van der Waals surface area contributed by atoms with Crippen LogP contribution in [0.5, 0.6) is 0 Å². The SMILES string of the molecule is CC.CC.CC(C)C1CCCC1. The molecule has 76 valence electrons. The summed E-state index contributed by atoms with van der Waals surface area (Å²) in [7, 11) is 0. The molecular weight excluding hydrogens is 144 g/mol. The van der Waals surface area contributed by atoms with Crippen LogP contribution in [0, 0.1) is 11.8 Å². The van der Waals surface area contributed by atoms with E-state index in [0.29, 0.717) is 0 Å². The highest BCUT2D eigenvalue weighted by Crippen LogP contribution is 2.30. The summed E-state index contributed by atoms with van der Waals surface area (Å²) >= 11 is 0. The van der Waals surface area contributed by atoms with Crippen molar-refractivity contribution in [2.75, 3.05) is 0 Å². The average molecular weight is 172 g/mol. The first-order chi connectivity index (χ1) is 5.80. The maximum Gasteiger partial charge on any atom is -0.0391 e. The van der Waals surface area contributed by atoms with E-state index < -0.39 is 0 Å². The van der Waals surface area contributed by atoms with Gasteiger partial charge in [-0.1, -0.05) is 67.2 Å². The number of rotatable bonds is 1. The molecule has 0 aromatic rings. The summed E-state index contributed by atoms with van der Waals surface area (Å²) in [4.78, 5) is 0. The van der Waals surface area contributed by atoms with Crippen molar-refractivity contribution >= 4 is 0 Å². The van der Waals surface area contributed by atoms with Crippen molar-refractivity contribution < 1.29 is 0 Å². The van der Waals surface area contributed by atoms with E-state index in [9.17, 15) is 0 Å².